The van der Waals surface area contributed by atoms with Gasteiger partial charge in [0, 0.05) is 0 Å². The lowest BCUT2D eigenvalue weighted by Crippen LogP contribution is -2.11. The molecular formula is C8H9ClN2O3S. The minimum atomic E-state index is -0.443. The molecule has 0 aliphatic heterocycles. The van der Waals surface area contributed by atoms with E-state index in [0.29, 0.717) is 16.6 Å². The van der Waals surface area contributed by atoms with Gasteiger partial charge in [-0.3, -0.25) is 4.79 Å². The van der Waals surface area contributed by atoms with Crippen LogP contribution in [0.15, 0.2) is 6.20 Å². The van der Waals surface area contributed by atoms with Crippen LogP contribution in [0.3, 0.4) is 0 Å². The Morgan fingerprint density at radius 1 is 1.67 bits per heavy atom. The number of anilines is 1. The van der Waals surface area contributed by atoms with Gasteiger partial charge >= 0.3 is 5.97 Å². The van der Waals surface area contributed by atoms with Crippen molar-refractivity contribution in [3.63, 3.8) is 0 Å². The van der Waals surface area contributed by atoms with Gasteiger partial charge in [0.2, 0.25) is 5.91 Å². The number of thiazole rings is 1. The highest BCUT2D eigenvalue weighted by atomic mass is 35.5. The zero-order chi connectivity index (χ0) is 11.3. The van der Waals surface area contributed by atoms with E-state index < -0.39 is 5.97 Å². The number of aromatic nitrogens is 1. The molecule has 15 heavy (non-hydrogen) atoms. The van der Waals surface area contributed by atoms with Gasteiger partial charge in [0.25, 0.3) is 0 Å². The van der Waals surface area contributed by atoms with Crippen molar-refractivity contribution in [3.8, 4) is 0 Å². The van der Waals surface area contributed by atoms with E-state index in [1.165, 1.54) is 6.20 Å². The quantitative estimate of drug-likeness (QED) is 0.648. The molecule has 1 rings (SSSR count). The maximum atomic E-state index is 11.2. The predicted molar refractivity (Wildman–Crippen MR) is 57.4 cm³/mol. The molecule has 7 heteroatoms. The van der Waals surface area contributed by atoms with E-state index in [9.17, 15) is 9.59 Å². The van der Waals surface area contributed by atoms with E-state index in [4.69, 9.17) is 16.3 Å². The van der Waals surface area contributed by atoms with E-state index >= 15 is 0 Å². The summed E-state index contributed by atoms with van der Waals surface area (Å²) in [7, 11) is 0. The number of hydrogen-bond acceptors (Lipinski definition) is 5. The fourth-order valence-electron chi connectivity index (χ4n) is 0.781. The first-order chi connectivity index (χ1) is 7.17. The first kappa shape index (κ1) is 11.9. The number of alkyl halides is 1. The lowest BCUT2D eigenvalue weighted by molar-refractivity contribution is -0.113. The summed E-state index contributed by atoms with van der Waals surface area (Å²) >= 11 is 6.34. The molecule has 0 saturated heterocycles. The zero-order valence-electron chi connectivity index (χ0n) is 7.95. The highest BCUT2D eigenvalue weighted by molar-refractivity contribution is 7.17. The molecule has 0 spiro atoms. The molecule has 0 aromatic carbocycles. The maximum Gasteiger partial charge on any atom is 0.350 e. The smallest absolute Gasteiger partial charge is 0.350 e. The van der Waals surface area contributed by atoms with Gasteiger partial charge in [-0.2, -0.15) is 0 Å². The Balaban J connectivity index is 2.63. The lowest BCUT2D eigenvalue weighted by atomic mass is 10.6. The Labute approximate surface area is 95.4 Å². The second-order valence-electron chi connectivity index (χ2n) is 2.43. The van der Waals surface area contributed by atoms with Gasteiger partial charge in [-0.1, -0.05) is 11.3 Å². The third kappa shape index (κ3) is 3.49. The van der Waals surface area contributed by atoms with E-state index in [-0.39, 0.29) is 11.8 Å². The van der Waals surface area contributed by atoms with E-state index in [0.717, 1.165) is 11.3 Å². The third-order valence-electron chi connectivity index (χ3n) is 1.35. The third-order valence-corrected chi connectivity index (χ3v) is 2.49. The topological polar surface area (TPSA) is 68.3 Å². The van der Waals surface area contributed by atoms with Crippen LogP contribution in [0.1, 0.15) is 16.6 Å². The molecule has 5 nitrogen and oxygen atoms in total. The molecule has 1 aromatic rings. The van der Waals surface area contributed by atoms with Crippen molar-refractivity contribution in [1.29, 1.82) is 0 Å². The molecule has 0 saturated carbocycles. The lowest BCUT2D eigenvalue weighted by Gasteiger charge is -1.96. The van der Waals surface area contributed by atoms with Crippen LogP contribution in [0.5, 0.6) is 0 Å². The number of carbonyl (C=O) groups excluding carboxylic acids is 2. The molecule has 0 atom stereocenters. The number of carbonyl (C=O) groups is 2. The number of ether oxygens (including phenoxy) is 1. The Kier molecular flexibility index (Phi) is 4.51. The number of esters is 1. The SMILES string of the molecule is CCOC(=O)c1cnc(NC(=O)CCl)s1. The monoisotopic (exact) mass is 248 g/mol. The number of nitrogens with one attached hydrogen (secondary N) is 1. The summed E-state index contributed by atoms with van der Waals surface area (Å²) < 4.78 is 4.77. The van der Waals surface area contributed by atoms with Gasteiger partial charge in [0.05, 0.1) is 12.8 Å². The molecule has 0 fully saturated rings. The second kappa shape index (κ2) is 5.67. The van der Waals surface area contributed by atoms with Gasteiger partial charge in [-0.25, -0.2) is 9.78 Å². The summed E-state index contributed by atoms with van der Waals surface area (Å²) in [5.41, 5.74) is 0. The van der Waals surface area contributed by atoms with E-state index in [1.807, 2.05) is 0 Å². The zero-order valence-corrected chi connectivity index (χ0v) is 9.52. The molecule has 0 unspecified atom stereocenters. The molecule has 1 heterocycles. The molecule has 0 aliphatic carbocycles. The molecule has 1 amide bonds. The van der Waals surface area contributed by atoms with Crippen molar-refractivity contribution in [2.75, 3.05) is 17.8 Å². The number of rotatable bonds is 4. The van der Waals surface area contributed by atoms with Gasteiger partial charge < -0.3 is 10.1 Å². The minimum absolute atomic E-state index is 0.145. The molecule has 82 valence electrons. The van der Waals surface area contributed by atoms with Crippen molar-refractivity contribution in [1.82, 2.24) is 4.98 Å². The van der Waals surface area contributed by atoms with Crippen molar-refractivity contribution in [3.05, 3.63) is 11.1 Å². The molecule has 1 aromatic heterocycles. The highest BCUT2D eigenvalue weighted by Gasteiger charge is 2.12. The summed E-state index contributed by atoms with van der Waals surface area (Å²) in [4.78, 5) is 26.3. The average Bonchev–Trinajstić information content (AvgIpc) is 2.66. The summed E-state index contributed by atoms with van der Waals surface area (Å²) in [6.45, 7) is 2.02. The first-order valence-corrected chi connectivity index (χ1v) is 5.51. The number of hydrogen-bond donors (Lipinski definition) is 1. The molecular weight excluding hydrogens is 240 g/mol. The minimum Gasteiger partial charge on any atom is -0.462 e. The number of amides is 1. The van der Waals surface area contributed by atoms with Gasteiger partial charge in [-0.05, 0) is 6.92 Å². The Morgan fingerprint density at radius 3 is 3.00 bits per heavy atom. The molecule has 0 bridgehead atoms. The number of halogens is 1. The summed E-state index contributed by atoms with van der Waals surface area (Å²) in [6.07, 6.45) is 1.35. The maximum absolute atomic E-state index is 11.2. The van der Waals surface area contributed by atoms with E-state index in [2.05, 4.69) is 10.3 Å². The van der Waals surface area contributed by atoms with Crippen LogP contribution in [0.2, 0.25) is 0 Å². The number of nitrogens with zero attached hydrogens (tertiary/aromatic N) is 1. The normalized spacial score (nSPS) is 9.73. The Bertz CT molecular complexity index is 367. The van der Waals surface area contributed by atoms with Gasteiger partial charge in [0.15, 0.2) is 5.13 Å². The largest absolute Gasteiger partial charge is 0.462 e. The predicted octanol–water partition coefficient (Wildman–Crippen LogP) is 1.50. The van der Waals surface area contributed by atoms with Crippen LogP contribution in [-0.2, 0) is 9.53 Å². The van der Waals surface area contributed by atoms with Gasteiger partial charge in [0.1, 0.15) is 10.8 Å². The van der Waals surface area contributed by atoms with Crippen LogP contribution in [0, 0.1) is 0 Å². The molecule has 1 N–H and O–H groups in total. The van der Waals surface area contributed by atoms with Crippen molar-refractivity contribution in [2.45, 2.75) is 6.92 Å². The first-order valence-electron chi connectivity index (χ1n) is 4.16. The molecule has 0 radical (unpaired) electrons. The molecule has 0 aliphatic rings. The van der Waals surface area contributed by atoms with Crippen LogP contribution in [0.25, 0.3) is 0 Å². The van der Waals surface area contributed by atoms with Crippen LogP contribution >= 0.6 is 22.9 Å². The highest BCUT2D eigenvalue weighted by Crippen LogP contribution is 2.18. The second-order valence-corrected chi connectivity index (χ2v) is 3.73. The van der Waals surface area contributed by atoms with Crippen molar-refractivity contribution < 1.29 is 14.3 Å². The van der Waals surface area contributed by atoms with Crippen molar-refractivity contribution >= 4 is 39.9 Å². The van der Waals surface area contributed by atoms with Crippen LogP contribution in [0.4, 0.5) is 5.13 Å². The van der Waals surface area contributed by atoms with E-state index in [1.54, 1.807) is 6.92 Å². The Morgan fingerprint density at radius 2 is 2.40 bits per heavy atom. The van der Waals surface area contributed by atoms with Crippen LogP contribution in [-0.4, -0.2) is 29.3 Å². The standard InChI is InChI=1S/C8H9ClN2O3S/c1-2-14-7(13)5-4-10-8(15-5)11-6(12)3-9/h4H,2-3H2,1H3,(H,10,11,12). The average molecular weight is 249 g/mol. The fourth-order valence-corrected chi connectivity index (χ4v) is 1.57. The summed E-state index contributed by atoms with van der Waals surface area (Å²) in [5, 5.41) is 2.77. The summed E-state index contributed by atoms with van der Waals surface area (Å²) in [6, 6.07) is 0. The fraction of sp³-hybridized carbons (Fsp3) is 0.375. The Hall–Kier alpha value is -1.14. The summed E-state index contributed by atoms with van der Waals surface area (Å²) in [5.74, 6) is -0.947. The van der Waals surface area contributed by atoms with Crippen LogP contribution < -0.4 is 5.32 Å². The van der Waals surface area contributed by atoms with Crippen molar-refractivity contribution in [2.24, 2.45) is 0 Å². The van der Waals surface area contributed by atoms with Gasteiger partial charge in [-0.15, -0.1) is 11.6 Å².